The number of anilines is 2. The molecule has 1 saturated heterocycles. The molecule has 0 unspecified atom stereocenters. The molecular weight excluding hydrogens is 402 g/mol. The number of rotatable bonds is 5. The van der Waals surface area contributed by atoms with Gasteiger partial charge >= 0.3 is 0 Å². The lowest BCUT2D eigenvalue weighted by atomic mass is 10.1. The second kappa shape index (κ2) is 8.76. The molecule has 0 aliphatic carbocycles. The Labute approximate surface area is 178 Å². The molecule has 0 radical (unpaired) electrons. The summed E-state index contributed by atoms with van der Waals surface area (Å²) in [6.07, 6.45) is -0.301. The number of carbonyl (C=O) groups excluding carboxylic acids is 1. The summed E-state index contributed by atoms with van der Waals surface area (Å²) in [7, 11) is 1.59. The summed E-state index contributed by atoms with van der Waals surface area (Å²) in [5.41, 5.74) is 3.10. The SMILES string of the molecule is COc1cccc(C(=O)N2CCO[C@H](c3cc(Nc4nnc(C)s4)cc(C)n3)C2)c1. The third-order valence-corrected chi connectivity index (χ3v) is 5.50. The number of amides is 1. The van der Waals surface area contributed by atoms with Crippen LogP contribution in [-0.4, -0.2) is 52.8 Å². The molecular formula is C21H23N5O3S. The second-order valence-corrected chi connectivity index (χ2v) is 8.20. The molecule has 0 spiro atoms. The lowest BCUT2D eigenvalue weighted by Gasteiger charge is -2.33. The average molecular weight is 426 g/mol. The zero-order chi connectivity index (χ0) is 21.1. The molecule has 30 heavy (non-hydrogen) atoms. The molecule has 1 aliphatic rings. The van der Waals surface area contributed by atoms with Crippen LogP contribution in [0.1, 0.15) is 32.9 Å². The fourth-order valence-electron chi connectivity index (χ4n) is 3.35. The van der Waals surface area contributed by atoms with Gasteiger partial charge in [0.1, 0.15) is 16.9 Å². The number of hydrogen-bond acceptors (Lipinski definition) is 8. The molecule has 9 heteroatoms. The fourth-order valence-corrected chi connectivity index (χ4v) is 3.97. The number of ether oxygens (including phenoxy) is 2. The number of methoxy groups -OCH3 is 1. The van der Waals surface area contributed by atoms with Crippen molar-refractivity contribution in [2.45, 2.75) is 20.0 Å². The molecule has 1 amide bonds. The van der Waals surface area contributed by atoms with E-state index in [0.717, 1.165) is 27.2 Å². The van der Waals surface area contributed by atoms with E-state index in [2.05, 4.69) is 20.5 Å². The average Bonchev–Trinajstić information content (AvgIpc) is 3.17. The molecule has 0 saturated carbocycles. The van der Waals surface area contributed by atoms with Gasteiger partial charge in [-0.1, -0.05) is 17.4 Å². The molecule has 1 aromatic carbocycles. The minimum Gasteiger partial charge on any atom is -0.497 e. The number of benzene rings is 1. The van der Waals surface area contributed by atoms with E-state index in [1.54, 1.807) is 24.1 Å². The standard InChI is InChI=1S/C21H23N5O3S/c1-13-9-16(23-21-25-24-14(2)30-21)11-18(22-13)19-12-26(7-8-29-19)20(27)15-5-4-6-17(10-15)28-3/h4-6,9-11,19H,7-8,12H2,1-3H3,(H,22,23,25)/t19-/m0/s1. The van der Waals surface area contributed by atoms with Crippen LogP contribution in [0.15, 0.2) is 36.4 Å². The molecule has 156 valence electrons. The topological polar surface area (TPSA) is 89.5 Å². The summed E-state index contributed by atoms with van der Waals surface area (Å²) in [4.78, 5) is 19.4. The van der Waals surface area contributed by atoms with Crippen molar-refractivity contribution in [3.8, 4) is 5.75 Å². The zero-order valence-corrected chi connectivity index (χ0v) is 17.9. The summed E-state index contributed by atoms with van der Waals surface area (Å²) in [6.45, 7) is 5.27. The van der Waals surface area contributed by atoms with Crippen molar-refractivity contribution < 1.29 is 14.3 Å². The van der Waals surface area contributed by atoms with Crippen LogP contribution in [0, 0.1) is 13.8 Å². The van der Waals surface area contributed by atoms with Crippen molar-refractivity contribution in [2.24, 2.45) is 0 Å². The molecule has 8 nitrogen and oxygen atoms in total. The minimum absolute atomic E-state index is 0.0439. The lowest BCUT2D eigenvalue weighted by Crippen LogP contribution is -2.42. The summed E-state index contributed by atoms with van der Waals surface area (Å²) in [5, 5.41) is 13.0. The van der Waals surface area contributed by atoms with Gasteiger partial charge in [-0.3, -0.25) is 9.78 Å². The molecule has 1 N–H and O–H groups in total. The third kappa shape index (κ3) is 4.58. The van der Waals surface area contributed by atoms with Crippen LogP contribution in [0.3, 0.4) is 0 Å². The maximum Gasteiger partial charge on any atom is 0.254 e. The van der Waals surface area contributed by atoms with E-state index in [4.69, 9.17) is 9.47 Å². The van der Waals surface area contributed by atoms with Gasteiger partial charge in [-0.05, 0) is 44.2 Å². The van der Waals surface area contributed by atoms with Crippen molar-refractivity contribution in [3.63, 3.8) is 0 Å². The Kier molecular flexibility index (Phi) is 5.91. The number of morpholine rings is 1. The van der Waals surface area contributed by atoms with Crippen LogP contribution in [0.5, 0.6) is 5.75 Å². The lowest BCUT2D eigenvalue weighted by molar-refractivity contribution is -0.0247. The Bertz CT molecular complexity index is 1050. The Morgan fingerprint density at radius 1 is 1.27 bits per heavy atom. The maximum absolute atomic E-state index is 13.0. The summed E-state index contributed by atoms with van der Waals surface area (Å²) in [5.74, 6) is 0.617. The van der Waals surface area contributed by atoms with Gasteiger partial charge in [0.15, 0.2) is 0 Å². The normalized spacial score (nSPS) is 16.4. The van der Waals surface area contributed by atoms with Gasteiger partial charge in [-0.15, -0.1) is 10.2 Å². The number of hydrogen-bond donors (Lipinski definition) is 1. The summed E-state index contributed by atoms with van der Waals surface area (Å²) in [6, 6.07) is 11.1. The summed E-state index contributed by atoms with van der Waals surface area (Å²) >= 11 is 1.49. The molecule has 3 aromatic rings. The molecule has 4 rings (SSSR count). The van der Waals surface area contributed by atoms with Gasteiger partial charge in [0.2, 0.25) is 5.13 Å². The second-order valence-electron chi connectivity index (χ2n) is 7.02. The quantitative estimate of drug-likeness (QED) is 0.669. The van der Waals surface area contributed by atoms with E-state index in [9.17, 15) is 4.79 Å². The Balaban J connectivity index is 1.52. The Morgan fingerprint density at radius 3 is 2.90 bits per heavy atom. The van der Waals surface area contributed by atoms with E-state index in [-0.39, 0.29) is 12.0 Å². The highest BCUT2D eigenvalue weighted by atomic mass is 32.1. The van der Waals surface area contributed by atoms with E-state index >= 15 is 0 Å². The molecule has 3 heterocycles. The highest BCUT2D eigenvalue weighted by Gasteiger charge is 2.27. The van der Waals surface area contributed by atoms with Gasteiger partial charge in [0.25, 0.3) is 5.91 Å². The van der Waals surface area contributed by atoms with Crippen molar-refractivity contribution in [2.75, 3.05) is 32.1 Å². The predicted molar refractivity (Wildman–Crippen MR) is 114 cm³/mol. The molecule has 1 atom stereocenters. The highest BCUT2D eigenvalue weighted by Crippen LogP contribution is 2.27. The van der Waals surface area contributed by atoms with Gasteiger partial charge < -0.3 is 19.7 Å². The predicted octanol–water partition coefficient (Wildman–Crippen LogP) is 3.52. The van der Waals surface area contributed by atoms with Crippen LogP contribution in [0.2, 0.25) is 0 Å². The monoisotopic (exact) mass is 425 g/mol. The van der Waals surface area contributed by atoms with Crippen LogP contribution in [-0.2, 0) is 4.74 Å². The van der Waals surface area contributed by atoms with Crippen molar-refractivity contribution in [3.05, 3.63) is 58.4 Å². The van der Waals surface area contributed by atoms with Crippen molar-refractivity contribution in [1.82, 2.24) is 20.1 Å². The summed E-state index contributed by atoms with van der Waals surface area (Å²) < 4.78 is 11.2. The number of pyridine rings is 1. The number of aryl methyl sites for hydroxylation is 2. The first-order chi connectivity index (χ1) is 14.5. The van der Waals surface area contributed by atoms with E-state index in [1.807, 2.05) is 38.1 Å². The third-order valence-electron chi connectivity index (χ3n) is 4.75. The maximum atomic E-state index is 13.0. The minimum atomic E-state index is -0.301. The zero-order valence-electron chi connectivity index (χ0n) is 17.1. The van der Waals surface area contributed by atoms with Crippen LogP contribution in [0.4, 0.5) is 10.8 Å². The van der Waals surface area contributed by atoms with Crippen LogP contribution < -0.4 is 10.1 Å². The largest absolute Gasteiger partial charge is 0.497 e. The first-order valence-corrected chi connectivity index (χ1v) is 10.4. The highest BCUT2D eigenvalue weighted by molar-refractivity contribution is 7.15. The number of aromatic nitrogens is 3. The van der Waals surface area contributed by atoms with Crippen molar-refractivity contribution >= 4 is 28.1 Å². The first-order valence-electron chi connectivity index (χ1n) is 9.62. The number of nitrogens with zero attached hydrogens (tertiary/aromatic N) is 4. The molecule has 1 fully saturated rings. The van der Waals surface area contributed by atoms with Gasteiger partial charge in [-0.25, -0.2) is 0 Å². The van der Waals surface area contributed by atoms with E-state index in [0.29, 0.717) is 31.0 Å². The van der Waals surface area contributed by atoms with E-state index in [1.165, 1.54) is 11.3 Å². The fraction of sp³-hybridized carbons (Fsp3) is 0.333. The molecule has 1 aliphatic heterocycles. The first kappa shape index (κ1) is 20.2. The Morgan fingerprint density at radius 2 is 2.13 bits per heavy atom. The Hall–Kier alpha value is -3.04. The number of nitrogens with one attached hydrogen (secondary N) is 1. The molecule has 2 aromatic heterocycles. The molecule has 0 bridgehead atoms. The van der Waals surface area contributed by atoms with Gasteiger partial charge in [0, 0.05) is 23.5 Å². The number of carbonyl (C=O) groups is 1. The van der Waals surface area contributed by atoms with Crippen LogP contribution >= 0.6 is 11.3 Å². The van der Waals surface area contributed by atoms with Gasteiger partial charge in [0.05, 0.1) is 26.0 Å². The van der Waals surface area contributed by atoms with Crippen LogP contribution in [0.25, 0.3) is 0 Å². The smallest absolute Gasteiger partial charge is 0.254 e. The van der Waals surface area contributed by atoms with Gasteiger partial charge in [-0.2, -0.15) is 0 Å². The van der Waals surface area contributed by atoms with Crippen molar-refractivity contribution in [1.29, 1.82) is 0 Å². The van der Waals surface area contributed by atoms with E-state index < -0.39 is 0 Å².